The van der Waals surface area contributed by atoms with E-state index >= 15 is 0 Å². The number of ether oxygens (including phenoxy) is 2. The summed E-state index contributed by atoms with van der Waals surface area (Å²) in [6.45, 7) is 11.1. The molecular weight excluding hydrogens is 987 g/mol. The van der Waals surface area contributed by atoms with E-state index in [0.29, 0.717) is 84.0 Å². The van der Waals surface area contributed by atoms with Gasteiger partial charge in [0.05, 0.1) is 38.4 Å². The maximum Gasteiger partial charge on any atom is 0.307 e. The first-order valence-corrected chi connectivity index (χ1v) is 25.4. The number of primary sulfonamides is 1. The molecular formula is C50H54F2N10O9S2. The molecule has 0 spiro atoms. The minimum atomic E-state index is -4.21. The number of nitrogens with zero attached hydrogens (tertiary/aromatic N) is 8. The second-order valence-electron chi connectivity index (χ2n) is 17.3. The van der Waals surface area contributed by atoms with Crippen molar-refractivity contribution in [3.05, 3.63) is 131 Å². The first-order valence-electron chi connectivity index (χ1n) is 22.4. The SMILES string of the molecule is COc1cc(-c2cc(F)cc(C(C)C)c2CC(=O)NS(=O)(=O)c2cnc3c(c2)c(C)nn3C)ccn1.COc1cc(-c2cc(F)cc(C(C)C)c2CC(=O)O)ccn1.Cc1nn(C)c2ncc(S(N)(=O)=O)cc12. The summed E-state index contributed by atoms with van der Waals surface area (Å²) in [5, 5.41) is 23.8. The Bertz CT molecular complexity index is 3620. The first kappa shape index (κ1) is 54.6. The Balaban J connectivity index is 0.000000198. The number of nitrogens with two attached hydrogens (primary N) is 1. The van der Waals surface area contributed by atoms with Gasteiger partial charge in [0.25, 0.3) is 10.0 Å². The molecule has 2 aromatic carbocycles. The van der Waals surface area contributed by atoms with Gasteiger partial charge in [-0.3, -0.25) is 19.0 Å². The molecule has 1 amide bonds. The maximum atomic E-state index is 14.6. The molecule has 0 radical (unpaired) electrons. The standard InChI is InChI=1S/C25H26FN5O4S.C17H18FNO3.C8H10N4O2S/c1-14(2)19-9-17(26)10-21(16-6-7-27-24(8-16)35-5)22(19)12-23(32)30-36(33,34)18-11-20-15(3)29-31(4)25(20)28-13-18;1-10(2)13-7-12(18)8-14(15(13)9-17(20)21)11-4-5-19-16(6-11)22-3;1-5-7-3-6(15(9,13)14)4-10-8(7)12(2)11-5/h6-11,13-14H,12H2,1-5H3,(H,30,32);4-8,10H,9H2,1-3H3,(H,20,21);3-4H,1-2H3,(H2,9,13,14). The fourth-order valence-electron chi connectivity index (χ4n) is 8.07. The molecule has 0 fully saturated rings. The molecule has 4 N–H and O–H groups in total. The number of aliphatic carboxylic acids is 1. The number of pyridine rings is 4. The highest BCUT2D eigenvalue weighted by Crippen LogP contribution is 2.35. The number of hydrogen-bond donors (Lipinski definition) is 3. The van der Waals surface area contributed by atoms with E-state index in [-0.39, 0.29) is 40.3 Å². The number of carboxylic acids is 1. The van der Waals surface area contributed by atoms with Crippen LogP contribution in [0.25, 0.3) is 44.3 Å². The number of amides is 1. The van der Waals surface area contributed by atoms with Crippen molar-refractivity contribution in [2.24, 2.45) is 19.2 Å². The van der Waals surface area contributed by atoms with Crippen LogP contribution in [0.5, 0.6) is 11.8 Å². The lowest BCUT2D eigenvalue weighted by atomic mass is 9.88. The normalized spacial score (nSPS) is 11.5. The summed E-state index contributed by atoms with van der Waals surface area (Å²) < 4.78 is 92.4. The van der Waals surface area contributed by atoms with Crippen LogP contribution in [0.3, 0.4) is 0 Å². The number of carbonyl (C=O) groups excluding carboxylic acids is 1. The summed E-state index contributed by atoms with van der Waals surface area (Å²) in [7, 11) is -1.49. The van der Waals surface area contributed by atoms with E-state index in [4.69, 9.17) is 14.6 Å². The third-order valence-electron chi connectivity index (χ3n) is 11.5. The summed E-state index contributed by atoms with van der Waals surface area (Å²) in [4.78, 5) is 40.4. The van der Waals surface area contributed by atoms with Crippen LogP contribution in [0.2, 0.25) is 0 Å². The Hall–Kier alpha value is -7.76. The molecule has 0 unspecified atom stereocenters. The lowest BCUT2D eigenvalue weighted by Gasteiger charge is -2.18. The molecule has 0 saturated carbocycles. The monoisotopic (exact) mass is 1040 g/mol. The van der Waals surface area contributed by atoms with E-state index in [1.54, 1.807) is 67.8 Å². The van der Waals surface area contributed by atoms with E-state index < -0.39 is 37.7 Å². The van der Waals surface area contributed by atoms with Gasteiger partial charge in [-0.25, -0.2) is 55.4 Å². The Morgan fingerprint density at radius 2 is 1.10 bits per heavy atom. The second-order valence-corrected chi connectivity index (χ2v) is 20.6. The van der Waals surface area contributed by atoms with Gasteiger partial charge in [-0.2, -0.15) is 10.2 Å². The third-order valence-corrected chi connectivity index (χ3v) is 13.7. The van der Waals surface area contributed by atoms with Gasteiger partial charge in [0.1, 0.15) is 21.4 Å². The molecule has 384 valence electrons. The number of aryl methyl sites for hydroxylation is 4. The van der Waals surface area contributed by atoms with Crippen molar-refractivity contribution in [3.63, 3.8) is 0 Å². The van der Waals surface area contributed by atoms with Crippen molar-refractivity contribution in [2.45, 2.75) is 76.0 Å². The lowest BCUT2D eigenvalue weighted by Crippen LogP contribution is -2.32. The van der Waals surface area contributed by atoms with Gasteiger partial charge in [0.15, 0.2) is 11.3 Å². The lowest BCUT2D eigenvalue weighted by molar-refractivity contribution is -0.136. The number of methoxy groups -OCH3 is 2. The van der Waals surface area contributed by atoms with Crippen molar-refractivity contribution >= 4 is 54.0 Å². The quantitative estimate of drug-likeness (QED) is 0.103. The number of halogens is 2. The Labute approximate surface area is 420 Å². The molecule has 0 bridgehead atoms. The molecule has 8 rings (SSSR count). The predicted octanol–water partition coefficient (Wildman–Crippen LogP) is 7.23. The topological polar surface area (TPSA) is 266 Å². The first-order chi connectivity index (χ1) is 34.3. The second kappa shape index (κ2) is 22.3. The number of fused-ring (bicyclic) bond motifs is 2. The Morgan fingerprint density at radius 3 is 1.51 bits per heavy atom. The van der Waals surface area contributed by atoms with Gasteiger partial charge < -0.3 is 14.6 Å². The number of nitrogens with one attached hydrogen (secondary N) is 1. The van der Waals surface area contributed by atoms with E-state index in [1.807, 2.05) is 27.7 Å². The van der Waals surface area contributed by atoms with E-state index in [1.165, 1.54) is 69.2 Å². The molecule has 0 aliphatic rings. The van der Waals surface area contributed by atoms with Gasteiger partial charge in [0, 0.05) is 61.8 Å². The predicted molar refractivity (Wildman–Crippen MR) is 269 cm³/mol. The molecule has 6 aromatic heterocycles. The summed E-state index contributed by atoms with van der Waals surface area (Å²) in [5.41, 5.74) is 7.26. The molecule has 0 saturated heterocycles. The van der Waals surface area contributed by atoms with E-state index in [0.717, 1.165) is 5.69 Å². The number of rotatable bonds is 13. The van der Waals surface area contributed by atoms with Gasteiger partial charge >= 0.3 is 5.97 Å². The van der Waals surface area contributed by atoms with Crippen molar-refractivity contribution in [1.82, 2.24) is 44.2 Å². The van der Waals surface area contributed by atoms with Crippen LogP contribution in [-0.2, 0) is 56.6 Å². The summed E-state index contributed by atoms with van der Waals surface area (Å²) >= 11 is 0. The average molecular weight is 1040 g/mol. The molecule has 6 heterocycles. The molecule has 0 aliphatic heterocycles. The summed E-state index contributed by atoms with van der Waals surface area (Å²) in [6, 6.07) is 15.1. The van der Waals surface area contributed by atoms with Crippen LogP contribution >= 0.6 is 0 Å². The van der Waals surface area contributed by atoms with Gasteiger partial charge in [-0.05, 0) is 119 Å². The molecule has 23 heteroatoms. The zero-order valence-electron chi connectivity index (χ0n) is 41.6. The van der Waals surface area contributed by atoms with Crippen molar-refractivity contribution in [3.8, 4) is 34.0 Å². The van der Waals surface area contributed by atoms with E-state index in [9.17, 15) is 40.3 Å². The summed E-state index contributed by atoms with van der Waals surface area (Å²) in [5.74, 6) is -1.93. The fraction of sp³-hybridized carbons (Fsp3) is 0.280. The van der Waals surface area contributed by atoms with Crippen molar-refractivity contribution < 1.29 is 49.8 Å². The zero-order chi connectivity index (χ0) is 53.7. The highest BCUT2D eigenvalue weighted by Gasteiger charge is 2.24. The van der Waals surface area contributed by atoms with Gasteiger partial charge in [-0.15, -0.1) is 0 Å². The average Bonchev–Trinajstić information content (AvgIpc) is 3.79. The maximum absolute atomic E-state index is 14.6. The van der Waals surface area contributed by atoms with Crippen LogP contribution in [0.4, 0.5) is 8.78 Å². The number of aromatic nitrogens is 8. The minimum Gasteiger partial charge on any atom is -0.481 e. The Morgan fingerprint density at radius 1 is 0.671 bits per heavy atom. The van der Waals surface area contributed by atoms with Gasteiger partial charge in [-0.1, -0.05) is 27.7 Å². The van der Waals surface area contributed by atoms with Crippen LogP contribution in [0, 0.1) is 25.5 Å². The number of hydrogen-bond acceptors (Lipinski definition) is 14. The zero-order valence-corrected chi connectivity index (χ0v) is 43.2. The number of carboxylic acid groups (broad SMARTS) is 1. The smallest absolute Gasteiger partial charge is 0.307 e. The molecule has 19 nitrogen and oxygen atoms in total. The Kier molecular flexibility index (Phi) is 16.7. The van der Waals surface area contributed by atoms with E-state index in [2.05, 4.69) is 34.9 Å². The van der Waals surface area contributed by atoms with Crippen LogP contribution in [0.1, 0.15) is 73.2 Å². The number of sulfonamides is 2. The van der Waals surface area contributed by atoms with Crippen molar-refractivity contribution in [2.75, 3.05) is 14.2 Å². The van der Waals surface area contributed by atoms with Crippen molar-refractivity contribution in [1.29, 1.82) is 0 Å². The highest BCUT2D eigenvalue weighted by molar-refractivity contribution is 7.90. The van der Waals surface area contributed by atoms with Gasteiger partial charge in [0.2, 0.25) is 27.7 Å². The van der Waals surface area contributed by atoms with Crippen LogP contribution in [-0.4, -0.2) is 87.5 Å². The molecule has 0 aliphatic carbocycles. The number of carbonyl (C=O) groups is 2. The molecule has 0 atom stereocenters. The minimum absolute atomic E-state index is 0.00565. The highest BCUT2D eigenvalue weighted by atomic mass is 32.2. The fourth-order valence-corrected chi connectivity index (χ4v) is 9.51. The molecule has 73 heavy (non-hydrogen) atoms. The third kappa shape index (κ3) is 12.8. The summed E-state index contributed by atoms with van der Waals surface area (Å²) in [6.07, 6.45) is 5.05. The largest absolute Gasteiger partial charge is 0.481 e. The number of benzene rings is 2. The van der Waals surface area contributed by atoms with Crippen LogP contribution in [0.15, 0.2) is 95.2 Å². The van der Waals surface area contributed by atoms with Crippen LogP contribution < -0.4 is 19.3 Å². The molecule has 8 aromatic rings.